The summed E-state index contributed by atoms with van der Waals surface area (Å²) in [5.41, 5.74) is 0. The van der Waals surface area contributed by atoms with Crippen molar-refractivity contribution in [1.29, 1.82) is 0 Å². The first-order chi connectivity index (χ1) is 11.1. The van der Waals surface area contributed by atoms with Crippen LogP contribution in [-0.4, -0.2) is 54.7 Å². The standard InChI is InChI=1S/C13H18ClF3N4O2S/c1-3-9-5-20(4-8(2)24(9)23)12(22)18-11-10(14)6-21(19-11)7-13(15,16)17/h6,8-9H,3-5,7H2,1-2H3,(H,18,19,22). The Balaban J connectivity index is 2.05. The normalized spacial score (nSPS) is 24.9. The Labute approximate surface area is 144 Å². The van der Waals surface area contributed by atoms with Crippen LogP contribution < -0.4 is 5.32 Å². The summed E-state index contributed by atoms with van der Waals surface area (Å²) in [6.45, 7) is 3.02. The van der Waals surface area contributed by atoms with Crippen LogP contribution in [0.5, 0.6) is 0 Å². The van der Waals surface area contributed by atoms with Gasteiger partial charge in [-0.05, 0) is 13.3 Å². The lowest BCUT2D eigenvalue weighted by atomic mass is 10.3. The van der Waals surface area contributed by atoms with Gasteiger partial charge in [-0.2, -0.15) is 18.3 Å². The van der Waals surface area contributed by atoms with Crippen molar-refractivity contribution in [1.82, 2.24) is 14.7 Å². The van der Waals surface area contributed by atoms with Crippen LogP contribution in [0.1, 0.15) is 20.3 Å². The molecule has 3 unspecified atom stereocenters. The van der Waals surface area contributed by atoms with Crippen molar-refractivity contribution in [2.75, 3.05) is 18.4 Å². The van der Waals surface area contributed by atoms with Gasteiger partial charge in [0, 0.05) is 35.3 Å². The van der Waals surface area contributed by atoms with Gasteiger partial charge in [0.1, 0.15) is 11.6 Å². The molecule has 0 spiro atoms. The summed E-state index contributed by atoms with van der Waals surface area (Å²) in [5.74, 6) is -0.127. The van der Waals surface area contributed by atoms with Crippen molar-refractivity contribution in [3.63, 3.8) is 0 Å². The van der Waals surface area contributed by atoms with Gasteiger partial charge in [-0.1, -0.05) is 18.5 Å². The summed E-state index contributed by atoms with van der Waals surface area (Å²) in [6.07, 6.45) is -2.76. The maximum absolute atomic E-state index is 12.4. The second kappa shape index (κ2) is 7.30. The number of hydrogen-bond acceptors (Lipinski definition) is 3. The van der Waals surface area contributed by atoms with Crippen LogP contribution in [0.2, 0.25) is 5.02 Å². The van der Waals surface area contributed by atoms with E-state index < -0.39 is 29.6 Å². The molecule has 24 heavy (non-hydrogen) atoms. The second-order valence-corrected chi connectivity index (χ2v) is 8.18. The van der Waals surface area contributed by atoms with Crippen LogP contribution in [-0.2, 0) is 17.3 Å². The summed E-state index contributed by atoms with van der Waals surface area (Å²) in [6, 6.07) is -0.517. The SMILES string of the molecule is CCC1CN(C(=O)Nc2nn(CC(F)(F)F)cc2Cl)CC(C)S1=O. The Kier molecular flexibility index (Phi) is 5.79. The number of rotatable bonds is 3. The van der Waals surface area contributed by atoms with Gasteiger partial charge in [-0.3, -0.25) is 14.2 Å². The van der Waals surface area contributed by atoms with Gasteiger partial charge < -0.3 is 4.90 Å². The molecule has 6 nitrogen and oxygen atoms in total. The number of nitrogens with zero attached hydrogens (tertiary/aromatic N) is 3. The fourth-order valence-corrected chi connectivity index (χ4v) is 4.33. The van der Waals surface area contributed by atoms with E-state index in [1.807, 2.05) is 6.92 Å². The zero-order valence-corrected chi connectivity index (χ0v) is 14.7. The van der Waals surface area contributed by atoms with Crippen LogP contribution in [0.25, 0.3) is 0 Å². The highest BCUT2D eigenvalue weighted by molar-refractivity contribution is 7.86. The molecule has 0 aliphatic carbocycles. The van der Waals surface area contributed by atoms with E-state index in [-0.39, 0.29) is 21.3 Å². The predicted octanol–water partition coefficient (Wildman–Crippen LogP) is 2.86. The van der Waals surface area contributed by atoms with E-state index in [2.05, 4.69) is 10.4 Å². The Bertz CT molecular complexity index is 637. The predicted molar refractivity (Wildman–Crippen MR) is 85.6 cm³/mol. The largest absolute Gasteiger partial charge is 0.408 e. The zero-order valence-electron chi connectivity index (χ0n) is 13.1. The summed E-state index contributed by atoms with van der Waals surface area (Å²) in [5, 5.41) is 5.70. The van der Waals surface area contributed by atoms with E-state index in [1.165, 1.54) is 4.90 Å². The van der Waals surface area contributed by atoms with Gasteiger partial charge in [-0.15, -0.1) is 0 Å². The third kappa shape index (κ3) is 4.62. The Morgan fingerprint density at radius 1 is 1.50 bits per heavy atom. The Morgan fingerprint density at radius 3 is 2.75 bits per heavy atom. The van der Waals surface area contributed by atoms with Gasteiger partial charge >= 0.3 is 12.2 Å². The minimum absolute atomic E-state index is 0.0757. The lowest BCUT2D eigenvalue weighted by Gasteiger charge is -2.35. The van der Waals surface area contributed by atoms with Crippen LogP contribution in [0.15, 0.2) is 6.20 Å². The average Bonchev–Trinajstić information content (AvgIpc) is 2.79. The highest BCUT2D eigenvalue weighted by Gasteiger charge is 2.33. The van der Waals surface area contributed by atoms with Crippen molar-refractivity contribution in [2.45, 2.75) is 43.5 Å². The molecule has 0 aromatic carbocycles. The first-order valence-electron chi connectivity index (χ1n) is 7.35. The summed E-state index contributed by atoms with van der Waals surface area (Å²) < 4.78 is 49.8. The first-order valence-corrected chi connectivity index (χ1v) is 9.01. The van der Waals surface area contributed by atoms with Crippen molar-refractivity contribution in [2.24, 2.45) is 0 Å². The van der Waals surface area contributed by atoms with E-state index >= 15 is 0 Å². The smallest absolute Gasteiger partial charge is 0.322 e. The van der Waals surface area contributed by atoms with Gasteiger partial charge in [0.05, 0.1) is 5.25 Å². The van der Waals surface area contributed by atoms with E-state index in [1.54, 1.807) is 6.92 Å². The Morgan fingerprint density at radius 2 is 2.17 bits per heavy atom. The number of hydrogen-bond donors (Lipinski definition) is 1. The molecule has 11 heteroatoms. The van der Waals surface area contributed by atoms with Gasteiger partial charge in [-0.25, -0.2) is 4.79 Å². The number of aromatic nitrogens is 2. The molecule has 3 atom stereocenters. The van der Waals surface area contributed by atoms with Crippen molar-refractivity contribution < 1.29 is 22.2 Å². The molecule has 1 N–H and O–H groups in total. The number of halogens is 4. The molecular weight excluding hydrogens is 369 g/mol. The zero-order chi connectivity index (χ0) is 18.1. The maximum Gasteiger partial charge on any atom is 0.408 e. The summed E-state index contributed by atoms with van der Waals surface area (Å²) in [7, 11) is -1.01. The lowest BCUT2D eigenvalue weighted by Crippen LogP contribution is -2.51. The molecular formula is C13H18ClF3N4O2S. The first kappa shape index (κ1) is 19.0. The minimum Gasteiger partial charge on any atom is -0.322 e. The van der Waals surface area contributed by atoms with Crippen molar-refractivity contribution in [3.8, 4) is 0 Å². The highest BCUT2D eigenvalue weighted by Crippen LogP contribution is 2.24. The molecule has 0 radical (unpaired) electrons. The quantitative estimate of drug-likeness (QED) is 0.868. The van der Waals surface area contributed by atoms with E-state index in [0.29, 0.717) is 24.2 Å². The van der Waals surface area contributed by atoms with Crippen LogP contribution in [0, 0.1) is 0 Å². The number of anilines is 1. The number of alkyl halides is 3. The lowest BCUT2D eigenvalue weighted by molar-refractivity contribution is -0.142. The van der Waals surface area contributed by atoms with Gasteiger partial charge in [0.25, 0.3) is 0 Å². The molecule has 0 bridgehead atoms. The van der Waals surface area contributed by atoms with Crippen LogP contribution >= 0.6 is 11.6 Å². The van der Waals surface area contributed by atoms with Crippen molar-refractivity contribution in [3.05, 3.63) is 11.2 Å². The number of amides is 2. The third-order valence-electron chi connectivity index (χ3n) is 3.65. The molecule has 1 aliphatic heterocycles. The summed E-state index contributed by atoms with van der Waals surface area (Å²) >= 11 is 5.83. The fraction of sp³-hybridized carbons (Fsp3) is 0.692. The molecule has 1 aromatic heterocycles. The number of urea groups is 1. The fourth-order valence-electron chi connectivity index (χ4n) is 2.49. The molecule has 0 saturated carbocycles. The van der Waals surface area contributed by atoms with Crippen LogP contribution in [0.3, 0.4) is 0 Å². The molecule has 2 rings (SSSR count). The number of carbonyl (C=O) groups excluding carboxylic acids is 1. The molecule has 1 aromatic rings. The van der Waals surface area contributed by atoms with Crippen LogP contribution in [0.4, 0.5) is 23.8 Å². The Hall–Kier alpha value is -1.29. The maximum atomic E-state index is 12.4. The second-order valence-electron chi connectivity index (χ2n) is 5.64. The van der Waals surface area contributed by atoms with Gasteiger partial charge in [0.2, 0.25) is 0 Å². The topological polar surface area (TPSA) is 67.2 Å². The summed E-state index contributed by atoms with van der Waals surface area (Å²) in [4.78, 5) is 13.8. The van der Waals surface area contributed by atoms with Crippen molar-refractivity contribution >= 4 is 34.2 Å². The molecule has 2 heterocycles. The number of nitrogens with one attached hydrogen (secondary N) is 1. The minimum atomic E-state index is -4.43. The van der Waals surface area contributed by atoms with E-state index in [4.69, 9.17) is 11.6 Å². The molecule has 2 amide bonds. The molecule has 1 aliphatic rings. The highest BCUT2D eigenvalue weighted by atomic mass is 35.5. The van der Waals surface area contributed by atoms with E-state index in [9.17, 15) is 22.2 Å². The van der Waals surface area contributed by atoms with Gasteiger partial charge in [0.15, 0.2) is 5.82 Å². The molecule has 1 fully saturated rings. The molecule has 1 saturated heterocycles. The third-order valence-corrected chi connectivity index (χ3v) is 6.01. The van der Waals surface area contributed by atoms with E-state index in [0.717, 1.165) is 6.20 Å². The number of carbonyl (C=O) groups is 1. The molecule has 136 valence electrons. The average molecular weight is 387 g/mol. The monoisotopic (exact) mass is 386 g/mol.